The van der Waals surface area contributed by atoms with Crippen LogP contribution in [0.15, 0.2) is 45.8 Å². The van der Waals surface area contributed by atoms with Crippen molar-refractivity contribution in [2.75, 3.05) is 7.11 Å². The van der Waals surface area contributed by atoms with Crippen LogP contribution in [0.5, 0.6) is 11.5 Å². The fraction of sp³-hybridized carbons (Fsp3) is 0.0769. The SMILES string of the molecule is COc1ccc(OS(=O)(=O)c2cc(Cl)c(Cl)cc2Br)cc1. The van der Waals surface area contributed by atoms with E-state index in [9.17, 15) is 8.42 Å². The molecule has 0 unspecified atom stereocenters. The first-order chi connectivity index (χ1) is 9.83. The molecule has 0 heterocycles. The van der Waals surface area contributed by atoms with Crippen molar-refractivity contribution in [1.82, 2.24) is 0 Å². The highest BCUT2D eigenvalue weighted by atomic mass is 79.9. The first-order valence-corrected chi connectivity index (χ1v) is 8.52. The van der Waals surface area contributed by atoms with Gasteiger partial charge in [0, 0.05) is 4.47 Å². The van der Waals surface area contributed by atoms with Gasteiger partial charge in [-0.1, -0.05) is 23.2 Å². The third-order valence-corrected chi connectivity index (χ3v) is 5.44. The van der Waals surface area contributed by atoms with Crippen molar-refractivity contribution in [3.05, 3.63) is 50.9 Å². The van der Waals surface area contributed by atoms with E-state index in [1.54, 1.807) is 12.1 Å². The Morgan fingerprint density at radius 1 is 1.00 bits per heavy atom. The fourth-order valence-corrected chi connectivity index (χ4v) is 3.97. The van der Waals surface area contributed by atoms with Crippen molar-refractivity contribution in [3.63, 3.8) is 0 Å². The predicted molar refractivity (Wildman–Crippen MR) is 85.0 cm³/mol. The van der Waals surface area contributed by atoms with Crippen LogP contribution in [0.2, 0.25) is 10.0 Å². The predicted octanol–water partition coefficient (Wildman–Crippen LogP) is 4.53. The van der Waals surface area contributed by atoms with Crippen LogP contribution in [0.25, 0.3) is 0 Å². The van der Waals surface area contributed by atoms with E-state index in [1.165, 1.54) is 31.4 Å². The van der Waals surface area contributed by atoms with Gasteiger partial charge in [-0.05, 0) is 52.3 Å². The minimum absolute atomic E-state index is 0.104. The summed E-state index contributed by atoms with van der Waals surface area (Å²) in [4.78, 5) is -0.104. The van der Waals surface area contributed by atoms with Crippen LogP contribution in [-0.2, 0) is 10.1 Å². The van der Waals surface area contributed by atoms with Crippen molar-refractivity contribution in [1.29, 1.82) is 0 Å². The van der Waals surface area contributed by atoms with Crippen LogP contribution in [0, 0.1) is 0 Å². The molecule has 0 amide bonds. The zero-order valence-electron chi connectivity index (χ0n) is 10.6. The summed E-state index contributed by atoms with van der Waals surface area (Å²) >= 11 is 14.8. The lowest BCUT2D eigenvalue weighted by molar-refractivity contribution is 0.413. The molecule has 0 saturated carbocycles. The first-order valence-electron chi connectivity index (χ1n) is 5.56. The van der Waals surface area contributed by atoms with Gasteiger partial charge in [-0.25, -0.2) is 0 Å². The molecule has 112 valence electrons. The zero-order chi connectivity index (χ0) is 15.6. The lowest BCUT2D eigenvalue weighted by Crippen LogP contribution is -2.10. The molecule has 2 rings (SSSR count). The van der Waals surface area contributed by atoms with Gasteiger partial charge in [0.1, 0.15) is 16.4 Å². The monoisotopic (exact) mass is 410 g/mol. The summed E-state index contributed by atoms with van der Waals surface area (Å²) in [5, 5.41) is 0.365. The van der Waals surface area contributed by atoms with Crippen LogP contribution in [0.4, 0.5) is 0 Å². The van der Waals surface area contributed by atoms with Gasteiger partial charge in [0.25, 0.3) is 0 Å². The number of benzene rings is 2. The van der Waals surface area contributed by atoms with Gasteiger partial charge < -0.3 is 8.92 Å². The Morgan fingerprint density at radius 3 is 2.10 bits per heavy atom. The second kappa shape index (κ2) is 6.44. The molecule has 2 aromatic carbocycles. The Kier molecular flexibility index (Phi) is 5.03. The molecule has 0 aliphatic heterocycles. The Balaban J connectivity index is 2.35. The van der Waals surface area contributed by atoms with E-state index in [4.69, 9.17) is 32.1 Å². The maximum atomic E-state index is 12.3. The summed E-state index contributed by atoms with van der Waals surface area (Å²) in [6.07, 6.45) is 0. The minimum atomic E-state index is -4.03. The zero-order valence-corrected chi connectivity index (χ0v) is 14.6. The summed E-state index contributed by atoms with van der Waals surface area (Å²) in [7, 11) is -2.52. The van der Waals surface area contributed by atoms with E-state index in [0.29, 0.717) is 5.75 Å². The molecule has 2 aromatic rings. The van der Waals surface area contributed by atoms with E-state index in [1.807, 2.05) is 0 Å². The molecule has 0 spiro atoms. The second-order valence-electron chi connectivity index (χ2n) is 3.91. The molecule has 4 nitrogen and oxygen atoms in total. The van der Waals surface area contributed by atoms with Crippen LogP contribution in [-0.4, -0.2) is 15.5 Å². The molecule has 0 bridgehead atoms. The maximum Gasteiger partial charge on any atom is 0.340 e. The molecular formula is C13H9BrCl2O4S. The normalized spacial score (nSPS) is 11.2. The van der Waals surface area contributed by atoms with Crippen molar-refractivity contribution in [3.8, 4) is 11.5 Å². The van der Waals surface area contributed by atoms with Gasteiger partial charge in [0.2, 0.25) is 0 Å². The third-order valence-electron chi connectivity index (χ3n) is 2.51. The lowest BCUT2D eigenvalue weighted by Gasteiger charge is -2.10. The third kappa shape index (κ3) is 3.83. The second-order valence-corrected chi connectivity index (χ2v) is 7.09. The Hall–Kier alpha value is -0.950. The molecule has 0 atom stereocenters. The summed E-state index contributed by atoms with van der Waals surface area (Å²) in [6.45, 7) is 0. The smallest absolute Gasteiger partial charge is 0.340 e. The number of methoxy groups -OCH3 is 1. The van der Waals surface area contributed by atoms with Crippen molar-refractivity contribution in [2.24, 2.45) is 0 Å². The molecule has 0 aliphatic carbocycles. The summed E-state index contributed by atoms with van der Waals surface area (Å²) in [6, 6.07) is 8.79. The number of hydrogen-bond donors (Lipinski definition) is 0. The van der Waals surface area contributed by atoms with Crippen LogP contribution < -0.4 is 8.92 Å². The van der Waals surface area contributed by atoms with E-state index in [2.05, 4.69) is 15.9 Å². The number of rotatable bonds is 4. The average Bonchev–Trinajstić information content (AvgIpc) is 2.43. The molecule has 0 radical (unpaired) electrons. The molecule has 0 aromatic heterocycles. The van der Waals surface area contributed by atoms with Gasteiger partial charge in [-0.3, -0.25) is 0 Å². The Labute approximate surface area is 140 Å². The van der Waals surface area contributed by atoms with Crippen molar-refractivity contribution < 1.29 is 17.3 Å². The van der Waals surface area contributed by atoms with Crippen LogP contribution in [0.3, 0.4) is 0 Å². The molecule has 0 N–H and O–H groups in total. The summed E-state index contributed by atoms with van der Waals surface area (Å²) in [5.74, 6) is 0.754. The van der Waals surface area contributed by atoms with E-state index >= 15 is 0 Å². The molecule has 0 fully saturated rings. The van der Waals surface area contributed by atoms with Gasteiger partial charge >= 0.3 is 10.1 Å². The lowest BCUT2D eigenvalue weighted by atomic mass is 10.3. The Bertz CT molecular complexity index is 760. The summed E-state index contributed by atoms with van der Waals surface area (Å²) < 4.78 is 34.8. The van der Waals surface area contributed by atoms with Gasteiger partial charge in [-0.15, -0.1) is 0 Å². The molecule has 8 heteroatoms. The average molecular weight is 412 g/mol. The van der Waals surface area contributed by atoms with Crippen LogP contribution >= 0.6 is 39.1 Å². The first kappa shape index (κ1) is 16.4. The quantitative estimate of drug-likeness (QED) is 0.547. The maximum absolute atomic E-state index is 12.3. The van der Waals surface area contributed by atoms with Crippen molar-refractivity contribution >= 4 is 49.2 Å². The Morgan fingerprint density at radius 2 is 1.52 bits per heavy atom. The van der Waals surface area contributed by atoms with E-state index in [-0.39, 0.29) is 25.2 Å². The van der Waals surface area contributed by atoms with E-state index < -0.39 is 10.1 Å². The highest BCUT2D eigenvalue weighted by Gasteiger charge is 2.22. The molecule has 0 aliphatic rings. The molecule has 21 heavy (non-hydrogen) atoms. The largest absolute Gasteiger partial charge is 0.497 e. The van der Waals surface area contributed by atoms with Gasteiger partial charge in [0.15, 0.2) is 0 Å². The van der Waals surface area contributed by atoms with Crippen LogP contribution in [0.1, 0.15) is 0 Å². The fourth-order valence-electron chi connectivity index (χ4n) is 1.50. The topological polar surface area (TPSA) is 52.6 Å². The van der Waals surface area contributed by atoms with Gasteiger partial charge in [0.05, 0.1) is 17.2 Å². The highest BCUT2D eigenvalue weighted by molar-refractivity contribution is 9.10. The van der Waals surface area contributed by atoms with E-state index in [0.717, 1.165) is 0 Å². The highest BCUT2D eigenvalue weighted by Crippen LogP contribution is 2.33. The number of hydrogen-bond acceptors (Lipinski definition) is 4. The summed E-state index contributed by atoms with van der Waals surface area (Å²) in [5.41, 5.74) is 0. The number of halogens is 3. The molecule has 0 saturated heterocycles. The van der Waals surface area contributed by atoms with Crippen molar-refractivity contribution in [2.45, 2.75) is 4.90 Å². The standard InChI is InChI=1S/C13H9BrCl2O4S/c1-19-8-2-4-9(5-3-8)20-21(17,18)13-7-12(16)11(15)6-10(13)14/h2-7H,1H3. The molecular weight excluding hydrogens is 403 g/mol. The minimum Gasteiger partial charge on any atom is -0.497 e. The van der Waals surface area contributed by atoms with Gasteiger partial charge in [-0.2, -0.15) is 8.42 Å². The number of ether oxygens (including phenoxy) is 1.